The van der Waals surface area contributed by atoms with E-state index in [9.17, 15) is 0 Å². The van der Waals surface area contributed by atoms with Crippen LogP contribution >= 0.6 is 0 Å². The maximum absolute atomic E-state index is 6.12. The molecule has 4 aromatic carbocycles. The summed E-state index contributed by atoms with van der Waals surface area (Å²) in [6, 6.07) is 31.1. The van der Waals surface area contributed by atoms with Gasteiger partial charge in [0.25, 0.3) is 0 Å². The third-order valence-corrected chi connectivity index (χ3v) is 6.89. The lowest BCUT2D eigenvalue weighted by molar-refractivity contribution is 0.659. The van der Waals surface area contributed by atoms with Gasteiger partial charge >= 0.3 is 0 Å². The molecule has 0 saturated carbocycles. The van der Waals surface area contributed by atoms with Gasteiger partial charge in [-0.2, -0.15) is 0 Å². The summed E-state index contributed by atoms with van der Waals surface area (Å²) < 4.78 is 0. The normalized spacial score (nSPS) is 15.5. The number of fused-ring (bicyclic) bond motifs is 6. The summed E-state index contributed by atoms with van der Waals surface area (Å²) in [5.74, 6) is 0.289. The lowest BCUT2D eigenvalue weighted by Crippen LogP contribution is -2.16. The van der Waals surface area contributed by atoms with E-state index in [1.807, 2.05) is 6.07 Å². The molecule has 0 amide bonds. The van der Waals surface area contributed by atoms with Gasteiger partial charge in [-0.1, -0.05) is 86.6 Å². The van der Waals surface area contributed by atoms with Gasteiger partial charge in [0, 0.05) is 17.0 Å². The summed E-state index contributed by atoms with van der Waals surface area (Å²) in [4.78, 5) is 0. The number of benzene rings is 4. The number of rotatable bonds is 1. The summed E-state index contributed by atoms with van der Waals surface area (Å²) in [7, 11) is 0. The molecule has 0 radical (unpaired) electrons. The third kappa shape index (κ3) is 2.16. The van der Waals surface area contributed by atoms with Crippen LogP contribution in [0.25, 0.3) is 22.3 Å². The topological polar surface area (TPSA) is 26.0 Å². The minimum Gasteiger partial charge on any atom is -0.399 e. The lowest BCUT2D eigenvalue weighted by Gasteiger charge is -2.23. The molecular formula is C28H23N. The first-order chi connectivity index (χ1) is 14.1. The van der Waals surface area contributed by atoms with Crippen molar-refractivity contribution in [3.8, 4) is 22.3 Å². The molecule has 2 N–H and O–H groups in total. The zero-order valence-electron chi connectivity index (χ0n) is 16.7. The minimum absolute atomic E-state index is 0.0479. The summed E-state index contributed by atoms with van der Waals surface area (Å²) in [5, 5.41) is 0. The first-order valence-electron chi connectivity index (χ1n) is 10.3. The Balaban J connectivity index is 1.57. The second kappa shape index (κ2) is 5.61. The molecule has 1 heteroatoms. The molecule has 0 aromatic heterocycles. The Kier molecular flexibility index (Phi) is 3.21. The van der Waals surface area contributed by atoms with E-state index in [2.05, 4.69) is 92.7 Å². The predicted molar refractivity (Wildman–Crippen MR) is 121 cm³/mol. The molecule has 2 aliphatic rings. The average Bonchev–Trinajstić information content (AvgIpc) is 3.18. The highest BCUT2D eigenvalue weighted by Gasteiger charge is 2.37. The second-order valence-electron chi connectivity index (χ2n) is 8.84. The number of nitrogen functional groups attached to an aromatic ring is 1. The van der Waals surface area contributed by atoms with Gasteiger partial charge in [0.2, 0.25) is 0 Å². The molecule has 4 aromatic rings. The van der Waals surface area contributed by atoms with Crippen molar-refractivity contribution < 1.29 is 0 Å². The standard InChI is InChI=1S/C28H23N/c1-28(2)25-15-17(11-13-21(25)22-14-12-18(29)16-26(22)28)27-23-9-5-3-7-19(23)20-8-4-6-10-24(20)27/h3-16,27H,29H2,1-2H3. The predicted octanol–water partition coefficient (Wildman–Crippen LogP) is 6.74. The molecule has 1 nitrogen and oxygen atoms in total. The molecule has 6 rings (SSSR count). The van der Waals surface area contributed by atoms with Crippen molar-refractivity contribution in [2.75, 3.05) is 5.73 Å². The number of hydrogen-bond acceptors (Lipinski definition) is 1. The molecule has 0 spiro atoms. The first-order valence-corrected chi connectivity index (χ1v) is 10.3. The fraction of sp³-hybridized carbons (Fsp3) is 0.143. The molecule has 0 unspecified atom stereocenters. The Morgan fingerprint density at radius 1 is 0.621 bits per heavy atom. The minimum atomic E-state index is -0.0479. The fourth-order valence-electron chi connectivity index (χ4n) is 5.47. The summed E-state index contributed by atoms with van der Waals surface area (Å²) >= 11 is 0. The van der Waals surface area contributed by atoms with Crippen molar-refractivity contribution >= 4 is 5.69 Å². The Labute approximate surface area is 171 Å². The Hall–Kier alpha value is -3.32. The van der Waals surface area contributed by atoms with Crippen LogP contribution in [0.5, 0.6) is 0 Å². The molecule has 140 valence electrons. The summed E-state index contributed by atoms with van der Waals surface area (Å²) in [5.41, 5.74) is 19.2. The van der Waals surface area contributed by atoms with Gasteiger partial charge < -0.3 is 5.73 Å². The van der Waals surface area contributed by atoms with E-state index < -0.39 is 0 Å². The molecule has 0 bridgehead atoms. The molecule has 29 heavy (non-hydrogen) atoms. The van der Waals surface area contributed by atoms with Crippen LogP contribution in [0.3, 0.4) is 0 Å². The monoisotopic (exact) mass is 373 g/mol. The van der Waals surface area contributed by atoms with Crippen LogP contribution in [0.2, 0.25) is 0 Å². The number of hydrogen-bond donors (Lipinski definition) is 1. The number of anilines is 1. The van der Waals surface area contributed by atoms with E-state index in [1.54, 1.807) is 0 Å². The van der Waals surface area contributed by atoms with Crippen LogP contribution in [0, 0.1) is 0 Å². The van der Waals surface area contributed by atoms with Crippen LogP contribution in [-0.2, 0) is 5.41 Å². The SMILES string of the molecule is CC1(C)c2cc(N)ccc2-c2ccc(C3c4ccccc4-c4ccccc43)cc21. The van der Waals surface area contributed by atoms with Crippen molar-refractivity contribution in [2.24, 2.45) is 0 Å². The van der Waals surface area contributed by atoms with Crippen LogP contribution < -0.4 is 5.73 Å². The van der Waals surface area contributed by atoms with Crippen LogP contribution in [0.1, 0.15) is 47.6 Å². The molecule has 2 aliphatic carbocycles. The second-order valence-corrected chi connectivity index (χ2v) is 8.84. The molecule has 0 saturated heterocycles. The van der Waals surface area contributed by atoms with E-state index >= 15 is 0 Å². The molecule has 0 fully saturated rings. The van der Waals surface area contributed by atoms with Gasteiger partial charge in [0.15, 0.2) is 0 Å². The van der Waals surface area contributed by atoms with E-state index in [4.69, 9.17) is 5.73 Å². The Bertz CT molecular complexity index is 1250. The maximum atomic E-state index is 6.12. The highest BCUT2D eigenvalue weighted by atomic mass is 14.6. The first kappa shape index (κ1) is 16.6. The van der Waals surface area contributed by atoms with Gasteiger partial charge in [0.05, 0.1) is 0 Å². The van der Waals surface area contributed by atoms with Gasteiger partial charge in [0.1, 0.15) is 0 Å². The molecule has 0 heterocycles. The quantitative estimate of drug-likeness (QED) is 0.324. The fourth-order valence-corrected chi connectivity index (χ4v) is 5.47. The maximum Gasteiger partial charge on any atom is 0.0352 e. The Morgan fingerprint density at radius 3 is 1.83 bits per heavy atom. The number of nitrogens with two attached hydrogens (primary N) is 1. The zero-order chi connectivity index (χ0) is 19.8. The third-order valence-electron chi connectivity index (χ3n) is 6.89. The van der Waals surface area contributed by atoms with Crippen molar-refractivity contribution in [1.82, 2.24) is 0 Å². The van der Waals surface area contributed by atoms with Crippen molar-refractivity contribution in [2.45, 2.75) is 25.2 Å². The van der Waals surface area contributed by atoms with Gasteiger partial charge in [-0.15, -0.1) is 0 Å². The van der Waals surface area contributed by atoms with E-state index in [0.29, 0.717) is 0 Å². The van der Waals surface area contributed by atoms with E-state index in [-0.39, 0.29) is 11.3 Å². The van der Waals surface area contributed by atoms with Crippen LogP contribution in [0.4, 0.5) is 5.69 Å². The molecular weight excluding hydrogens is 350 g/mol. The van der Waals surface area contributed by atoms with Gasteiger partial charge in [-0.3, -0.25) is 0 Å². The Morgan fingerprint density at radius 2 is 1.17 bits per heavy atom. The van der Waals surface area contributed by atoms with Crippen molar-refractivity contribution in [3.05, 3.63) is 113 Å². The average molecular weight is 373 g/mol. The van der Waals surface area contributed by atoms with Gasteiger partial charge in [-0.25, -0.2) is 0 Å². The van der Waals surface area contributed by atoms with Crippen LogP contribution in [-0.4, -0.2) is 0 Å². The van der Waals surface area contributed by atoms with E-state index in [0.717, 1.165) is 5.69 Å². The zero-order valence-corrected chi connectivity index (χ0v) is 16.7. The van der Waals surface area contributed by atoms with Gasteiger partial charge in [-0.05, 0) is 62.2 Å². The molecule has 0 atom stereocenters. The van der Waals surface area contributed by atoms with Crippen molar-refractivity contribution in [3.63, 3.8) is 0 Å². The smallest absolute Gasteiger partial charge is 0.0352 e. The van der Waals surface area contributed by atoms with E-state index in [1.165, 1.54) is 50.1 Å². The van der Waals surface area contributed by atoms with Crippen molar-refractivity contribution in [1.29, 1.82) is 0 Å². The van der Waals surface area contributed by atoms with Crippen LogP contribution in [0.15, 0.2) is 84.9 Å². The highest BCUT2D eigenvalue weighted by Crippen LogP contribution is 2.52. The molecule has 0 aliphatic heterocycles. The summed E-state index contributed by atoms with van der Waals surface area (Å²) in [6.45, 7) is 4.63. The lowest BCUT2D eigenvalue weighted by atomic mass is 9.80. The largest absolute Gasteiger partial charge is 0.399 e. The highest BCUT2D eigenvalue weighted by molar-refractivity contribution is 5.84. The summed E-state index contributed by atoms with van der Waals surface area (Å²) in [6.07, 6.45) is 0.